The van der Waals surface area contributed by atoms with Crippen molar-refractivity contribution in [2.75, 3.05) is 6.54 Å². The lowest BCUT2D eigenvalue weighted by molar-refractivity contribution is 0.527. The molecule has 1 heterocycles. The Morgan fingerprint density at radius 3 is 2.48 bits per heavy atom. The molecule has 2 nitrogen and oxygen atoms in total. The minimum absolute atomic E-state index is 0.0448. The lowest BCUT2D eigenvalue weighted by Gasteiger charge is -2.20. The molecule has 0 bridgehead atoms. The van der Waals surface area contributed by atoms with E-state index < -0.39 is 0 Å². The molecule has 0 aliphatic rings. The fraction of sp³-hybridized carbons (Fsp3) is 0.353. The number of benzene rings is 1. The van der Waals surface area contributed by atoms with Crippen LogP contribution in [0.2, 0.25) is 5.02 Å². The zero-order chi connectivity index (χ0) is 15.4. The van der Waals surface area contributed by atoms with Crippen LogP contribution in [-0.2, 0) is 6.42 Å². The van der Waals surface area contributed by atoms with Gasteiger partial charge in [-0.1, -0.05) is 18.5 Å². The van der Waals surface area contributed by atoms with Crippen molar-refractivity contribution in [2.45, 2.75) is 33.2 Å². The maximum absolute atomic E-state index is 13.9. The summed E-state index contributed by atoms with van der Waals surface area (Å²) in [5.41, 5.74) is 3.70. The molecule has 21 heavy (non-hydrogen) atoms. The fourth-order valence-corrected chi connectivity index (χ4v) is 2.74. The van der Waals surface area contributed by atoms with Gasteiger partial charge in [0.15, 0.2) is 0 Å². The Morgan fingerprint density at radius 2 is 1.86 bits per heavy atom. The summed E-state index contributed by atoms with van der Waals surface area (Å²) >= 11 is 5.98. The SMILES string of the molecule is CCNC(Cc1cc(Cl)ccc1F)c1cc(C)nc(C)c1. The van der Waals surface area contributed by atoms with Crippen molar-refractivity contribution in [1.29, 1.82) is 0 Å². The van der Waals surface area contributed by atoms with Gasteiger partial charge in [-0.15, -0.1) is 0 Å². The third kappa shape index (κ3) is 4.26. The van der Waals surface area contributed by atoms with Crippen LogP contribution in [0.5, 0.6) is 0 Å². The standard InChI is InChI=1S/C17H20ClFN2/c1-4-20-17(14-7-11(2)21-12(3)8-14)10-13-9-15(18)5-6-16(13)19/h5-9,17,20H,4,10H2,1-3H3. The maximum Gasteiger partial charge on any atom is 0.126 e. The Balaban J connectivity index is 2.32. The summed E-state index contributed by atoms with van der Waals surface area (Å²) in [7, 11) is 0. The molecule has 112 valence electrons. The second-order valence-corrected chi connectivity index (χ2v) is 5.67. The molecule has 0 spiro atoms. The van der Waals surface area contributed by atoms with E-state index in [2.05, 4.69) is 10.3 Å². The molecule has 0 amide bonds. The summed E-state index contributed by atoms with van der Waals surface area (Å²) in [6, 6.07) is 8.82. The van der Waals surface area contributed by atoms with Gasteiger partial charge >= 0.3 is 0 Å². The molecule has 1 aromatic heterocycles. The second kappa shape index (κ2) is 7.01. The number of pyridine rings is 1. The first-order valence-corrected chi connectivity index (χ1v) is 7.50. The van der Waals surface area contributed by atoms with Crippen molar-refractivity contribution in [3.8, 4) is 0 Å². The molecule has 1 aromatic carbocycles. The highest BCUT2D eigenvalue weighted by atomic mass is 35.5. The van der Waals surface area contributed by atoms with E-state index in [1.807, 2.05) is 32.9 Å². The molecule has 0 saturated heterocycles. The Kier molecular flexibility index (Phi) is 5.32. The second-order valence-electron chi connectivity index (χ2n) is 5.23. The fourth-order valence-electron chi connectivity index (χ4n) is 2.54. The predicted molar refractivity (Wildman–Crippen MR) is 85.2 cm³/mol. The minimum atomic E-state index is -0.218. The number of hydrogen-bond donors (Lipinski definition) is 1. The van der Waals surface area contributed by atoms with E-state index in [0.717, 1.165) is 23.5 Å². The van der Waals surface area contributed by atoms with Crippen LogP contribution < -0.4 is 5.32 Å². The van der Waals surface area contributed by atoms with Gasteiger partial charge in [-0.05, 0) is 68.3 Å². The number of nitrogens with one attached hydrogen (secondary N) is 1. The third-order valence-corrected chi connectivity index (χ3v) is 3.62. The van der Waals surface area contributed by atoms with Crippen LogP contribution in [0, 0.1) is 19.7 Å². The largest absolute Gasteiger partial charge is 0.310 e. The topological polar surface area (TPSA) is 24.9 Å². The molecule has 0 aliphatic carbocycles. The Bertz CT molecular complexity index is 608. The highest BCUT2D eigenvalue weighted by Gasteiger charge is 2.15. The molecule has 0 radical (unpaired) electrons. The van der Waals surface area contributed by atoms with Gasteiger partial charge in [0.1, 0.15) is 5.82 Å². The molecule has 0 aliphatic heterocycles. The van der Waals surface area contributed by atoms with Crippen LogP contribution in [0.4, 0.5) is 4.39 Å². The minimum Gasteiger partial charge on any atom is -0.310 e. The summed E-state index contributed by atoms with van der Waals surface area (Å²) in [6.45, 7) is 6.80. The summed E-state index contributed by atoms with van der Waals surface area (Å²) in [5, 5.41) is 3.97. The van der Waals surface area contributed by atoms with E-state index in [1.165, 1.54) is 6.07 Å². The van der Waals surface area contributed by atoms with E-state index in [9.17, 15) is 4.39 Å². The van der Waals surface area contributed by atoms with Crippen molar-refractivity contribution in [3.63, 3.8) is 0 Å². The molecule has 2 rings (SSSR count). The molecular weight excluding hydrogens is 287 g/mol. The number of likely N-dealkylation sites (N-methyl/N-ethyl adjacent to an activating group) is 1. The van der Waals surface area contributed by atoms with Crippen molar-refractivity contribution >= 4 is 11.6 Å². The van der Waals surface area contributed by atoms with E-state index in [1.54, 1.807) is 12.1 Å². The summed E-state index contributed by atoms with van der Waals surface area (Å²) in [5.74, 6) is -0.218. The first-order chi connectivity index (χ1) is 9.99. The lowest BCUT2D eigenvalue weighted by Crippen LogP contribution is -2.23. The van der Waals surface area contributed by atoms with Crippen molar-refractivity contribution in [2.24, 2.45) is 0 Å². The normalized spacial score (nSPS) is 12.4. The number of hydrogen-bond acceptors (Lipinski definition) is 2. The molecule has 2 aromatic rings. The quantitative estimate of drug-likeness (QED) is 0.886. The van der Waals surface area contributed by atoms with Gasteiger partial charge in [-0.2, -0.15) is 0 Å². The van der Waals surface area contributed by atoms with Gasteiger partial charge in [-0.3, -0.25) is 4.98 Å². The van der Waals surface area contributed by atoms with Crippen molar-refractivity contribution in [3.05, 3.63) is 63.7 Å². The van der Waals surface area contributed by atoms with Crippen LogP contribution in [0.15, 0.2) is 30.3 Å². The predicted octanol–water partition coefficient (Wildman–Crippen LogP) is 4.38. The lowest BCUT2D eigenvalue weighted by atomic mass is 9.98. The van der Waals surface area contributed by atoms with Crippen LogP contribution >= 0.6 is 11.6 Å². The molecule has 0 fully saturated rings. The van der Waals surface area contributed by atoms with Crippen LogP contribution in [0.25, 0.3) is 0 Å². The van der Waals surface area contributed by atoms with Gasteiger partial charge in [0.25, 0.3) is 0 Å². The molecule has 1 unspecified atom stereocenters. The average molecular weight is 307 g/mol. The van der Waals surface area contributed by atoms with E-state index in [-0.39, 0.29) is 11.9 Å². The van der Waals surface area contributed by atoms with Gasteiger partial charge < -0.3 is 5.32 Å². The number of halogens is 2. The van der Waals surface area contributed by atoms with Gasteiger partial charge in [-0.25, -0.2) is 4.39 Å². The van der Waals surface area contributed by atoms with Gasteiger partial charge in [0, 0.05) is 22.5 Å². The number of aryl methyl sites for hydroxylation is 2. The third-order valence-electron chi connectivity index (χ3n) is 3.39. The highest BCUT2D eigenvalue weighted by molar-refractivity contribution is 6.30. The molecule has 4 heteroatoms. The summed E-state index contributed by atoms with van der Waals surface area (Å²) in [6.07, 6.45) is 0.559. The van der Waals surface area contributed by atoms with Crippen LogP contribution in [0.1, 0.15) is 35.5 Å². The summed E-state index contributed by atoms with van der Waals surface area (Å²) < 4.78 is 13.9. The molecular formula is C17H20ClFN2. The Hall–Kier alpha value is -1.45. The van der Waals surface area contributed by atoms with Gasteiger partial charge in [0.2, 0.25) is 0 Å². The van der Waals surface area contributed by atoms with Crippen LogP contribution in [-0.4, -0.2) is 11.5 Å². The van der Waals surface area contributed by atoms with Crippen LogP contribution in [0.3, 0.4) is 0 Å². The Morgan fingerprint density at radius 1 is 1.19 bits per heavy atom. The maximum atomic E-state index is 13.9. The Labute approximate surface area is 130 Å². The number of nitrogens with zero attached hydrogens (tertiary/aromatic N) is 1. The first-order valence-electron chi connectivity index (χ1n) is 7.12. The summed E-state index contributed by atoms with van der Waals surface area (Å²) in [4.78, 5) is 4.39. The van der Waals surface area contributed by atoms with Gasteiger partial charge in [0.05, 0.1) is 0 Å². The van der Waals surface area contributed by atoms with Crippen molar-refractivity contribution < 1.29 is 4.39 Å². The number of rotatable bonds is 5. The molecule has 1 atom stereocenters. The number of aromatic nitrogens is 1. The average Bonchev–Trinajstić information content (AvgIpc) is 2.41. The smallest absolute Gasteiger partial charge is 0.126 e. The highest BCUT2D eigenvalue weighted by Crippen LogP contribution is 2.23. The van der Waals surface area contributed by atoms with E-state index in [0.29, 0.717) is 17.0 Å². The zero-order valence-corrected chi connectivity index (χ0v) is 13.3. The van der Waals surface area contributed by atoms with Crippen molar-refractivity contribution in [1.82, 2.24) is 10.3 Å². The molecule has 0 saturated carbocycles. The van der Waals surface area contributed by atoms with E-state index in [4.69, 9.17) is 11.6 Å². The zero-order valence-electron chi connectivity index (χ0n) is 12.6. The first kappa shape index (κ1) is 15.9. The van der Waals surface area contributed by atoms with E-state index >= 15 is 0 Å². The molecule has 1 N–H and O–H groups in total. The monoisotopic (exact) mass is 306 g/mol.